The van der Waals surface area contributed by atoms with E-state index in [1.807, 2.05) is 67.6 Å². The number of para-hydroxylation sites is 1. The van der Waals surface area contributed by atoms with E-state index in [1.165, 1.54) is 0 Å². The van der Waals surface area contributed by atoms with Gasteiger partial charge in [-0.3, -0.25) is 9.36 Å². The number of aromatic nitrogens is 3. The Labute approximate surface area is 173 Å². The van der Waals surface area contributed by atoms with Gasteiger partial charge in [0.15, 0.2) is 0 Å². The molecule has 6 heteroatoms. The van der Waals surface area contributed by atoms with Crippen LogP contribution in [0.5, 0.6) is 5.88 Å². The van der Waals surface area contributed by atoms with Gasteiger partial charge in [0, 0.05) is 29.1 Å². The van der Waals surface area contributed by atoms with Gasteiger partial charge >= 0.3 is 0 Å². The van der Waals surface area contributed by atoms with E-state index in [-0.39, 0.29) is 11.6 Å². The number of hydrogen-bond donors (Lipinski definition) is 1. The lowest BCUT2D eigenvalue weighted by atomic mass is 10.0. The van der Waals surface area contributed by atoms with Crippen molar-refractivity contribution in [2.75, 3.05) is 6.61 Å². The van der Waals surface area contributed by atoms with E-state index in [0.717, 1.165) is 29.2 Å². The standard InChI is InChI=1S/C24H20N4O2/c1-16(25)21-14-18-7-5-6-17(10-11-19-15-22-27(26-19)12-13-30-22)23(18)24(29)28(21)20-8-3-2-4-9-20/h2-9,14-16H,12-13,25H2,1H3/t16-/m0/s1. The quantitative estimate of drug-likeness (QED) is 0.529. The lowest BCUT2D eigenvalue weighted by Gasteiger charge is -2.17. The van der Waals surface area contributed by atoms with Crippen molar-refractivity contribution in [3.05, 3.63) is 88.0 Å². The first-order chi connectivity index (χ1) is 14.6. The van der Waals surface area contributed by atoms with Crippen molar-refractivity contribution in [1.82, 2.24) is 14.3 Å². The lowest BCUT2D eigenvalue weighted by Crippen LogP contribution is -2.26. The van der Waals surface area contributed by atoms with Gasteiger partial charge in [0.25, 0.3) is 5.56 Å². The Morgan fingerprint density at radius 2 is 1.93 bits per heavy atom. The molecule has 0 spiro atoms. The lowest BCUT2D eigenvalue weighted by molar-refractivity contribution is 0.356. The van der Waals surface area contributed by atoms with Crippen molar-refractivity contribution in [3.8, 4) is 23.4 Å². The number of fused-ring (bicyclic) bond motifs is 2. The molecule has 1 atom stereocenters. The second-order valence-electron chi connectivity index (χ2n) is 7.29. The Kier molecular flexibility index (Phi) is 4.38. The maximum Gasteiger partial charge on any atom is 0.264 e. The van der Waals surface area contributed by atoms with Gasteiger partial charge in [0.05, 0.1) is 11.9 Å². The monoisotopic (exact) mass is 396 g/mol. The van der Waals surface area contributed by atoms with Crippen molar-refractivity contribution >= 4 is 10.8 Å². The smallest absolute Gasteiger partial charge is 0.264 e. The topological polar surface area (TPSA) is 75.1 Å². The van der Waals surface area contributed by atoms with E-state index in [2.05, 4.69) is 16.9 Å². The molecule has 148 valence electrons. The van der Waals surface area contributed by atoms with Gasteiger partial charge < -0.3 is 10.5 Å². The van der Waals surface area contributed by atoms with Gasteiger partial charge in [-0.15, -0.1) is 0 Å². The zero-order valence-electron chi connectivity index (χ0n) is 16.5. The van der Waals surface area contributed by atoms with E-state index < -0.39 is 0 Å². The number of hydrogen-bond acceptors (Lipinski definition) is 4. The Morgan fingerprint density at radius 3 is 2.70 bits per heavy atom. The predicted molar refractivity (Wildman–Crippen MR) is 116 cm³/mol. The van der Waals surface area contributed by atoms with Crippen LogP contribution in [-0.4, -0.2) is 21.0 Å². The zero-order valence-corrected chi connectivity index (χ0v) is 16.5. The summed E-state index contributed by atoms with van der Waals surface area (Å²) in [6.07, 6.45) is 0. The minimum Gasteiger partial charge on any atom is -0.476 e. The molecule has 2 N–H and O–H groups in total. The molecule has 0 unspecified atom stereocenters. The summed E-state index contributed by atoms with van der Waals surface area (Å²) in [4.78, 5) is 13.6. The molecule has 0 fully saturated rings. The molecule has 4 aromatic rings. The molecule has 30 heavy (non-hydrogen) atoms. The molecule has 6 nitrogen and oxygen atoms in total. The number of rotatable bonds is 2. The Morgan fingerprint density at radius 1 is 1.10 bits per heavy atom. The summed E-state index contributed by atoms with van der Waals surface area (Å²) in [5.41, 5.74) is 8.89. The molecule has 0 radical (unpaired) electrons. The first-order valence-corrected chi connectivity index (χ1v) is 9.84. The Bertz CT molecular complexity index is 1350. The normalized spacial score (nSPS) is 13.4. The summed E-state index contributed by atoms with van der Waals surface area (Å²) in [5.74, 6) is 6.93. The number of benzene rings is 2. The maximum absolute atomic E-state index is 13.6. The number of ether oxygens (including phenoxy) is 1. The van der Waals surface area contributed by atoms with Crippen LogP contribution in [0.4, 0.5) is 0 Å². The minimum absolute atomic E-state index is 0.133. The average Bonchev–Trinajstić information content (AvgIpc) is 3.34. The van der Waals surface area contributed by atoms with Crippen LogP contribution in [0.2, 0.25) is 0 Å². The van der Waals surface area contributed by atoms with Crippen LogP contribution in [0.25, 0.3) is 16.5 Å². The van der Waals surface area contributed by atoms with Crippen LogP contribution in [-0.2, 0) is 6.54 Å². The number of pyridine rings is 1. The molecular formula is C24H20N4O2. The van der Waals surface area contributed by atoms with E-state index in [1.54, 1.807) is 9.25 Å². The van der Waals surface area contributed by atoms with Crippen molar-refractivity contribution in [2.45, 2.75) is 19.5 Å². The average molecular weight is 396 g/mol. The van der Waals surface area contributed by atoms with Crippen LogP contribution < -0.4 is 16.0 Å². The fourth-order valence-corrected chi connectivity index (χ4v) is 3.77. The summed E-state index contributed by atoms with van der Waals surface area (Å²) in [6, 6.07) is 18.7. The van der Waals surface area contributed by atoms with Gasteiger partial charge in [-0.1, -0.05) is 36.3 Å². The summed E-state index contributed by atoms with van der Waals surface area (Å²) < 4.78 is 8.96. The van der Waals surface area contributed by atoms with Gasteiger partial charge in [-0.2, -0.15) is 5.10 Å². The van der Waals surface area contributed by atoms with Gasteiger partial charge in [0.2, 0.25) is 5.88 Å². The van der Waals surface area contributed by atoms with Gasteiger partial charge in [0.1, 0.15) is 12.3 Å². The zero-order chi connectivity index (χ0) is 20.7. The van der Waals surface area contributed by atoms with E-state index in [9.17, 15) is 4.79 Å². The van der Waals surface area contributed by atoms with E-state index >= 15 is 0 Å². The Balaban J connectivity index is 1.71. The van der Waals surface area contributed by atoms with Crippen molar-refractivity contribution < 1.29 is 4.74 Å². The summed E-state index contributed by atoms with van der Waals surface area (Å²) in [6.45, 7) is 3.25. The number of nitrogens with zero attached hydrogens (tertiary/aromatic N) is 3. The van der Waals surface area contributed by atoms with E-state index in [0.29, 0.717) is 23.3 Å². The third-order valence-corrected chi connectivity index (χ3v) is 5.18. The fraction of sp³-hybridized carbons (Fsp3) is 0.167. The van der Waals surface area contributed by atoms with Crippen LogP contribution >= 0.6 is 0 Å². The molecule has 0 saturated carbocycles. The minimum atomic E-state index is -0.301. The summed E-state index contributed by atoms with van der Waals surface area (Å²) in [5, 5.41) is 5.82. The first kappa shape index (κ1) is 18.2. The highest BCUT2D eigenvalue weighted by molar-refractivity contribution is 5.88. The molecule has 0 bridgehead atoms. The third-order valence-electron chi connectivity index (χ3n) is 5.18. The first-order valence-electron chi connectivity index (χ1n) is 9.84. The van der Waals surface area contributed by atoms with Gasteiger partial charge in [-0.25, -0.2) is 4.68 Å². The summed E-state index contributed by atoms with van der Waals surface area (Å²) in [7, 11) is 0. The third kappa shape index (κ3) is 3.06. The SMILES string of the molecule is C[C@H](N)c1cc2cccc(C#Cc3cc4n(n3)CCO4)c2c(=O)n1-c1ccccc1. The Hall–Kier alpha value is -3.82. The molecule has 0 saturated heterocycles. The fourth-order valence-electron chi connectivity index (χ4n) is 3.77. The molecule has 3 heterocycles. The van der Waals surface area contributed by atoms with Gasteiger partial charge in [-0.05, 0) is 42.5 Å². The highest BCUT2D eigenvalue weighted by Crippen LogP contribution is 2.22. The number of nitrogens with two attached hydrogens (primary N) is 1. The molecule has 2 aromatic heterocycles. The molecule has 0 amide bonds. The van der Waals surface area contributed by atoms with Crippen LogP contribution in [0.1, 0.15) is 29.9 Å². The predicted octanol–water partition coefficient (Wildman–Crippen LogP) is 3.00. The second kappa shape index (κ2) is 7.21. The van der Waals surface area contributed by atoms with Crippen LogP contribution in [0, 0.1) is 11.8 Å². The highest BCUT2D eigenvalue weighted by atomic mass is 16.5. The molecule has 5 rings (SSSR count). The van der Waals surface area contributed by atoms with Crippen molar-refractivity contribution in [1.29, 1.82) is 0 Å². The van der Waals surface area contributed by atoms with Crippen molar-refractivity contribution in [2.24, 2.45) is 5.73 Å². The highest BCUT2D eigenvalue weighted by Gasteiger charge is 2.16. The second-order valence-corrected chi connectivity index (χ2v) is 7.29. The van der Waals surface area contributed by atoms with E-state index in [4.69, 9.17) is 10.5 Å². The molecular weight excluding hydrogens is 376 g/mol. The summed E-state index contributed by atoms with van der Waals surface area (Å²) >= 11 is 0. The van der Waals surface area contributed by atoms with Crippen molar-refractivity contribution in [3.63, 3.8) is 0 Å². The van der Waals surface area contributed by atoms with Crippen LogP contribution in [0.3, 0.4) is 0 Å². The largest absolute Gasteiger partial charge is 0.476 e. The molecule has 2 aromatic carbocycles. The molecule has 1 aliphatic rings. The van der Waals surface area contributed by atoms with Crippen LogP contribution in [0.15, 0.2) is 65.5 Å². The molecule has 0 aliphatic carbocycles. The maximum atomic E-state index is 13.6. The molecule has 1 aliphatic heterocycles.